The molecule has 2 aromatic rings. The third-order valence-corrected chi connectivity index (χ3v) is 4.14. The fourth-order valence-corrected chi connectivity index (χ4v) is 2.92. The number of carbonyl (C=O) groups is 1. The van der Waals surface area contributed by atoms with Crippen LogP contribution in [0.25, 0.3) is 0 Å². The van der Waals surface area contributed by atoms with Crippen LogP contribution in [0, 0.1) is 0 Å². The van der Waals surface area contributed by atoms with Crippen molar-refractivity contribution in [2.45, 2.75) is 6.42 Å². The molecule has 1 N–H and O–H groups in total. The van der Waals surface area contributed by atoms with Gasteiger partial charge in [-0.2, -0.15) is 0 Å². The number of methoxy groups -OCH3 is 2. The smallest absolute Gasteiger partial charge is 0.326 e. The SMILES string of the molecule is COc1cc(NC(=O)N2CCc3ccccc32)c(OC)cc1Cl. The van der Waals surface area contributed by atoms with Gasteiger partial charge in [-0.1, -0.05) is 29.8 Å². The molecular formula is C17H17ClN2O3. The quantitative estimate of drug-likeness (QED) is 0.925. The Morgan fingerprint density at radius 2 is 1.91 bits per heavy atom. The molecule has 0 saturated carbocycles. The Hall–Kier alpha value is -2.40. The molecular weight excluding hydrogens is 316 g/mol. The molecule has 0 fully saturated rings. The van der Waals surface area contributed by atoms with Crippen LogP contribution in [0.15, 0.2) is 36.4 Å². The Morgan fingerprint density at radius 3 is 2.65 bits per heavy atom. The summed E-state index contributed by atoms with van der Waals surface area (Å²) in [6.45, 7) is 0.651. The maximum absolute atomic E-state index is 12.6. The molecule has 0 unspecified atom stereocenters. The Bertz CT molecular complexity index is 749. The van der Waals surface area contributed by atoms with Gasteiger partial charge in [0.1, 0.15) is 11.5 Å². The third-order valence-electron chi connectivity index (χ3n) is 3.85. The Balaban J connectivity index is 1.86. The second-order valence-electron chi connectivity index (χ2n) is 5.15. The lowest BCUT2D eigenvalue weighted by atomic mass is 10.2. The zero-order chi connectivity index (χ0) is 16.4. The molecule has 3 rings (SSSR count). The van der Waals surface area contributed by atoms with Gasteiger partial charge < -0.3 is 14.8 Å². The summed E-state index contributed by atoms with van der Waals surface area (Å²) in [5.41, 5.74) is 2.62. The van der Waals surface area contributed by atoms with E-state index in [1.54, 1.807) is 17.0 Å². The molecule has 0 aliphatic carbocycles. The molecule has 1 aliphatic heterocycles. The fraction of sp³-hybridized carbons (Fsp3) is 0.235. The van der Waals surface area contributed by atoms with E-state index in [9.17, 15) is 4.79 Å². The molecule has 1 heterocycles. The average Bonchev–Trinajstić information content (AvgIpc) is 3.00. The van der Waals surface area contributed by atoms with Crippen molar-refractivity contribution in [2.24, 2.45) is 0 Å². The number of amides is 2. The predicted molar refractivity (Wildman–Crippen MR) is 91.1 cm³/mol. The first-order valence-corrected chi connectivity index (χ1v) is 7.59. The number of para-hydroxylation sites is 1. The number of ether oxygens (including phenoxy) is 2. The first-order valence-electron chi connectivity index (χ1n) is 7.22. The van der Waals surface area contributed by atoms with Gasteiger partial charge in [0.15, 0.2) is 0 Å². The minimum atomic E-state index is -0.211. The maximum atomic E-state index is 12.6. The maximum Gasteiger partial charge on any atom is 0.326 e. The van der Waals surface area contributed by atoms with Gasteiger partial charge in [0.05, 0.1) is 24.9 Å². The molecule has 0 bridgehead atoms. The van der Waals surface area contributed by atoms with E-state index in [-0.39, 0.29) is 6.03 Å². The van der Waals surface area contributed by atoms with Gasteiger partial charge in [-0.25, -0.2) is 4.79 Å². The number of urea groups is 1. The van der Waals surface area contributed by atoms with Crippen LogP contribution in [0.5, 0.6) is 11.5 Å². The summed E-state index contributed by atoms with van der Waals surface area (Å²) >= 11 is 6.08. The summed E-state index contributed by atoms with van der Waals surface area (Å²) in [7, 11) is 3.05. The van der Waals surface area contributed by atoms with Crippen LogP contribution in [0.2, 0.25) is 5.02 Å². The van der Waals surface area contributed by atoms with Gasteiger partial charge in [0, 0.05) is 24.4 Å². The number of hydrogen-bond donors (Lipinski definition) is 1. The first-order chi connectivity index (χ1) is 11.1. The molecule has 1 aliphatic rings. The minimum absolute atomic E-state index is 0.211. The number of halogens is 1. The number of benzene rings is 2. The number of fused-ring (bicyclic) bond motifs is 1. The highest BCUT2D eigenvalue weighted by Gasteiger charge is 2.25. The molecule has 120 valence electrons. The monoisotopic (exact) mass is 332 g/mol. The van der Waals surface area contributed by atoms with Crippen molar-refractivity contribution in [1.29, 1.82) is 0 Å². The van der Waals surface area contributed by atoms with Gasteiger partial charge in [-0.15, -0.1) is 0 Å². The van der Waals surface area contributed by atoms with Crippen LogP contribution in [-0.2, 0) is 6.42 Å². The van der Waals surface area contributed by atoms with E-state index in [1.807, 2.05) is 24.3 Å². The highest BCUT2D eigenvalue weighted by molar-refractivity contribution is 6.32. The molecule has 2 aromatic carbocycles. The van der Waals surface area contributed by atoms with Gasteiger partial charge in [-0.3, -0.25) is 4.90 Å². The Labute approximate surface area is 139 Å². The summed E-state index contributed by atoms with van der Waals surface area (Å²) in [6.07, 6.45) is 0.852. The number of carbonyl (C=O) groups excluding carboxylic acids is 1. The standard InChI is InChI=1S/C17H17ClN2O3/c1-22-15-10-13(16(23-2)9-12(15)18)19-17(21)20-8-7-11-5-3-4-6-14(11)20/h3-6,9-10H,7-8H2,1-2H3,(H,19,21). The number of nitrogens with zero attached hydrogens (tertiary/aromatic N) is 1. The number of anilines is 2. The minimum Gasteiger partial charge on any atom is -0.495 e. The Morgan fingerprint density at radius 1 is 1.17 bits per heavy atom. The molecule has 5 nitrogen and oxygen atoms in total. The molecule has 0 atom stereocenters. The van der Waals surface area contributed by atoms with Crippen molar-refractivity contribution in [2.75, 3.05) is 31.0 Å². The van der Waals surface area contributed by atoms with Crippen LogP contribution in [0.1, 0.15) is 5.56 Å². The number of hydrogen-bond acceptors (Lipinski definition) is 3. The molecule has 0 saturated heterocycles. The lowest BCUT2D eigenvalue weighted by molar-refractivity contribution is 0.257. The van der Waals surface area contributed by atoms with Crippen molar-refractivity contribution >= 4 is 29.0 Å². The number of rotatable bonds is 3. The van der Waals surface area contributed by atoms with Gasteiger partial charge in [-0.05, 0) is 18.1 Å². The normalized spacial score (nSPS) is 12.7. The van der Waals surface area contributed by atoms with Crippen LogP contribution >= 0.6 is 11.6 Å². The van der Waals surface area contributed by atoms with E-state index in [2.05, 4.69) is 5.32 Å². The molecule has 6 heteroatoms. The first kappa shape index (κ1) is 15.5. The molecule has 0 radical (unpaired) electrons. The highest BCUT2D eigenvalue weighted by atomic mass is 35.5. The lowest BCUT2D eigenvalue weighted by Gasteiger charge is -2.19. The van der Waals surface area contributed by atoms with E-state index in [0.717, 1.165) is 12.1 Å². The van der Waals surface area contributed by atoms with Crippen molar-refractivity contribution in [1.82, 2.24) is 0 Å². The Kier molecular flexibility index (Phi) is 4.30. The fourth-order valence-electron chi connectivity index (χ4n) is 2.69. The molecule has 0 aromatic heterocycles. The van der Waals surface area contributed by atoms with E-state index in [4.69, 9.17) is 21.1 Å². The van der Waals surface area contributed by atoms with E-state index >= 15 is 0 Å². The van der Waals surface area contributed by atoms with Gasteiger partial charge in [0.2, 0.25) is 0 Å². The summed E-state index contributed by atoms with van der Waals surface area (Å²) in [5.74, 6) is 0.959. The summed E-state index contributed by atoms with van der Waals surface area (Å²) in [5, 5.41) is 3.29. The average molecular weight is 333 g/mol. The number of nitrogens with one attached hydrogen (secondary N) is 1. The second-order valence-corrected chi connectivity index (χ2v) is 5.55. The summed E-state index contributed by atoms with van der Waals surface area (Å²) < 4.78 is 10.5. The van der Waals surface area contributed by atoms with Crippen LogP contribution < -0.4 is 19.7 Å². The molecule has 23 heavy (non-hydrogen) atoms. The van der Waals surface area contributed by atoms with E-state index < -0.39 is 0 Å². The zero-order valence-electron chi connectivity index (χ0n) is 12.9. The third kappa shape index (κ3) is 2.92. The zero-order valence-corrected chi connectivity index (χ0v) is 13.7. The topological polar surface area (TPSA) is 50.8 Å². The summed E-state index contributed by atoms with van der Waals surface area (Å²) in [6, 6.07) is 11.0. The lowest BCUT2D eigenvalue weighted by Crippen LogP contribution is -2.33. The summed E-state index contributed by atoms with van der Waals surface area (Å²) in [4.78, 5) is 14.3. The molecule has 2 amide bonds. The van der Waals surface area contributed by atoms with Crippen molar-refractivity contribution in [3.8, 4) is 11.5 Å². The highest BCUT2D eigenvalue weighted by Crippen LogP contribution is 2.36. The van der Waals surface area contributed by atoms with Gasteiger partial charge >= 0.3 is 6.03 Å². The van der Waals surface area contributed by atoms with E-state index in [1.165, 1.54) is 19.8 Å². The van der Waals surface area contributed by atoms with Crippen molar-refractivity contribution in [3.63, 3.8) is 0 Å². The predicted octanol–water partition coefficient (Wildman–Crippen LogP) is 3.95. The van der Waals surface area contributed by atoms with Gasteiger partial charge in [0.25, 0.3) is 0 Å². The van der Waals surface area contributed by atoms with Crippen molar-refractivity contribution < 1.29 is 14.3 Å². The van der Waals surface area contributed by atoms with E-state index in [0.29, 0.717) is 28.8 Å². The molecule has 0 spiro atoms. The largest absolute Gasteiger partial charge is 0.495 e. The van der Waals surface area contributed by atoms with Crippen LogP contribution in [-0.4, -0.2) is 26.8 Å². The van der Waals surface area contributed by atoms with Crippen molar-refractivity contribution in [3.05, 3.63) is 47.0 Å². The van der Waals surface area contributed by atoms with Crippen LogP contribution in [0.3, 0.4) is 0 Å². The second kappa shape index (κ2) is 6.38. The van der Waals surface area contributed by atoms with Crippen LogP contribution in [0.4, 0.5) is 16.2 Å².